The maximum Gasteiger partial charge on any atom is 0.327 e. The molecule has 0 saturated heterocycles. The number of imidazole rings is 1. The predicted molar refractivity (Wildman–Crippen MR) is 64.1 cm³/mol. The first-order valence-corrected chi connectivity index (χ1v) is 5.46. The predicted octanol–water partition coefficient (Wildman–Crippen LogP) is -2.31. The van der Waals surface area contributed by atoms with Gasteiger partial charge in [-0.1, -0.05) is 0 Å². The first-order valence-electron chi connectivity index (χ1n) is 5.46. The zero-order chi connectivity index (χ0) is 14.7. The van der Waals surface area contributed by atoms with E-state index in [-0.39, 0.29) is 11.2 Å². The molecule has 3 N–H and O–H groups in total. The van der Waals surface area contributed by atoms with Gasteiger partial charge in [0, 0.05) is 0 Å². The lowest BCUT2D eigenvalue weighted by molar-refractivity contribution is -0.139. The van der Waals surface area contributed by atoms with Crippen molar-refractivity contribution in [2.45, 2.75) is 12.3 Å². The molecule has 2 atom stereocenters. The maximum atomic E-state index is 11.5. The van der Waals surface area contributed by atoms with Gasteiger partial charge < -0.3 is 14.6 Å². The van der Waals surface area contributed by atoms with E-state index in [1.807, 2.05) is 4.98 Å². The fourth-order valence-electron chi connectivity index (χ4n) is 1.61. The van der Waals surface area contributed by atoms with Gasteiger partial charge in [-0.25, -0.2) is 9.78 Å². The van der Waals surface area contributed by atoms with Crippen molar-refractivity contribution in [1.82, 2.24) is 19.5 Å². The Morgan fingerprint density at radius 2 is 2.10 bits per heavy atom. The summed E-state index contributed by atoms with van der Waals surface area (Å²) in [7, 11) is 0. The fraction of sp³-hybridized carbons (Fsp3) is 0.300. The molecule has 2 rings (SSSR count). The SMILES string of the molecule is O=C[C@@H](CO)O[C@H](C=O)n1cnc2c(=O)[nH]c(=O)[nH]c21. The van der Waals surface area contributed by atoms with Crippen LogP contribution in [0.1, 0.15) is 6.23 Å². The van der Waals surface area contributed by atoms with E-state index in [1.54, 1.807) is 0 Å². The number of aliphatic hydroxyl groups excluding tert-OH is 1. The van der Waals surface area contributed by atoms with Crippen molar-refractivity contribution >= 4 is 23.7 Å². The van der Waals surface area contributed by atoms with E-state index in [0.717, 1.165) is 10.9 Å². The number of H-pyrrole nitrogens is 2. The van der Waals surface area contributed by atoms with E-state index < -0.39 is 30.2 Å². The third-order valence-corrected chi connectivity index (χ3v) is 2.50. The van der Waals surface area contributed by atoms with Gasteiger partial charge in [-0.3, -0.25) is 24.1 Å². The van der Waals surface area contributed by atoms with Gasteiger partial charge in [0.15, 0.2) is 24.3 Å². The Morgan fingerprint density at radius 3 is 2.70 bits per heavy atom. The lowest BCUT2D eigenvalue weighted by Gasteiger charge is -2.16. The average Bonchev–Trinajstić information content (AvgIpc) is 2.84. The lowest BCUT2D eigenvalue weighted by atomic mass is 10.4. The highest BCUT2D eigenvalue weighted by molar-refractivity contribution is 5.71. The van der Waals surface area contributed by atoms with Crippen molar-refractivity contribution in [2.75, 3.05) is 6.61 Å². The number of aliphatic hydroxyl groups is 1. The molecule has 0 aromatic carbocycles. The summed E-state index contributed by atoms with van der Waals surface area (Å²) in [6.45, 7) is -0.614. The number of fused-ring (bicyclic) bond motifs is 1. The Bertz CT molecular complexity index is 744. The molecule has 0 fully saturated rings. The number of nitrogens with one attached hydrogen (secondary N) is 2. The van der Waals surface area contributed by atoms with Gasteiger partial charge in [0.05, 0.1) is 12.9 Å². The quantitative estimate of drug-likeness (QED) is 0.504. The van der Waals surface area contributed by atoms with E-state index in [2.05, 4.69) is 9.97 Å². The number of rotatable bonds is 6. The number of carbonyl (C=O) groups is 2. The molecule has 0 aliphatic rings. The van der Waals surface area contributed by atoms with Crippen molar-refractivity contribution < 1.29 is 19.4 Å². The molecule has 0 radical (unpaired) electrons. The summed E-state index contributed by atoms with van der Waals surface area (Å²) in [4.78, 5) is 52.4. The van der Waals surface area contributed by atoms with Crippen LogP contribution in [-0.2, 0) is 14.3 Å². The molecule has 10 nitrogen and oxygen atoms in total. The van der Waals surface area contributed by atoms with E-state index in [4.69, 9.17) is 9.84 Å². The Labute approximate surface area is 110 Å². The second-order valence-electron chi connectivity index (χ2n) is 3.78. The number of aromatic amines is 2. The number of nitrogens with zero attached hydrogens (tertiary/aromatic N) is 2. The second kappa shape index (κ2) is 5.59. The van der Waals surface area contributed by atoms with Crippen molar-refractivity contribution in [2.24, 2.45) is 0 Å². The van der Waals surface area contributed by atoms with Crippen molar-refractivity contribution in [3.63, 3.8) is 0 Å². The van der Waals surface area contributed by atoms with Crippen LogP contribution in [0.5, 0.6) is 0 Å². The maximum absolute atomic E-state index is 11.5. The normalized spacial score (nSPS) is 14.1. The van der Waals surface area contributed by atoms with Crippen LogP contribution in [0.3, 0.4) is 0 Å². The van der Waals surface area contributed by atoms with E-state index in [1.165, 1.54) is 0 Å². The number of hydrogen-bond donors (Lipinski definition) is 3. The lowest BCUT2D eigenvalue weighted by Crippen LogP contribution is -2.27. The van der Waals surface area contributed by atoms with E-state index >= 15 is 0 Å². The third kappa shape index (κ3) is 2.41. The smallest absolute Gasteiger partial charge is 0.327 e. The molecule has 0 unspecified atom stereocenters. The number of aldehydes is 2. The van der Waals surface area contributed by atoms with Crippen LogP contribution in [0.2, 0.25) is 0 Å². The molecule has 0 aliphatic carbocycles. The Balaban J connectivity index is 2.50. The number of ether oxygens (including phenoxy) is 1. The highest BCUT2D eigenvalue weighted by Crippen LogP contribution is 2.13. The highest BCUT2D eigenvalue weighted by Gasteiger charge is 2.20. The molecular weight excluding hydrogens is 272 g/mol. The number of carbonyl (C=O) groups excluding carboxylic acids is 2. The second-order valence-corrected chi connectivity index (χ2v) is 3.78. The molecule has 2 aromatic heterocycles. The van der Waals surface area contributed by atoms with Gasteiger partial charge in [0.1, 0.15) is 11.8 Å². The number of hydrogen-bond acceptors (Lipinski definition) is 7. The van der Waals surface area contributed by atoms with Crippen LogP contribution in [0.25, 0.3) is 11.2 Å². The summed E-state index contributed by atoms with van der Waals surface area (Å²) >= 11 is 0. The topological polar surface area (TPSA) is 147 Å². The minimum absolute atomic E-state index is 0.0292. The third-order valence-electron chi connectivity index (χ3n) is 2.50. The van der Waals surface area contributed by atoms with Crippen LogP contribution in [-0.4, -0.2) is 49.9 Å². The van der Waals surface area contributed by atoms with Gasteiger partial charge in [-0.05, 0) is 0 Å². The van der Waals surface area contributed by atoms with Crippen LogP contribution < -0.4 is 11.2 Å². The van der Waals surface area contributed by atoms with Gasteiger partial charge in [-0.15, -0.1) is 0 Å². The molecule has 2 heterocycles. The molecule has 0 aliphatic heterocycles. The summed E-state index contributed by atoms with van der Waals surface area (Å²) in [6, 6.07) is 0. The molecule has 20 heavy (non-hydrogen) atoms. The average molecular weight is 282 g/mol. The van der Waals surface area contributed by atoms with Crippen molar-refractivity contribution in [3.8, 4) is 0 Å². The fourth-order valence-corrected chi connectivity index (χ4v) is 1.61. The zero-order valence-electron chi connectivity index (χ0n) is 9.98. The largest absolute Gasteiger partial charge is 0.393 e. The van der Waals surface area contributed by atoms with Crippen LogP contribution in [0.15, 0.2) is 15.9 Å². The molecule has 10 heteroatoms. The minimum Gasteiger partial charge on any atom is -0.393 e. The highest BCUT2D eigenvalue weighted by atomic mass is 16.5. The van der Waals surface area contributed by atoms with Crippen LogP contribution in [0, 0.1) is 0 Å². The Hall–Kier alpha value is -2.59. The molecule has 0 spiro atoms. The first kappa shape index (κ1) is 13.8. The standard InChI is InChI=1S/C10H10N4O6/c15-1-5(2-16)20-6(3-17)14-4-11-7-8(14)12-10(19)13-9(7)18/h1,3-6,16H,2H2,(H2,12,13,18,19)/t5-,6+/m0/s1. The monoisotopic (exact) mass is 282 g/mol. The molecule has 2 aromatic rings. The summed E-state index contributed by atoms with van der Waals surface area (Å²) in [5, 5.41) is 8.86. The molecule has 0 saturated carbocycles. The number of aromatic nitrogens is 4. The van der Waals surface area contributed by atoms with Crippen LogP contribution >= 0.6 is 0 Å². The van der Waals surface area contributed by atoms with Crippen LogP contribution in [0.4, 0.5) is 0 Å². The van der Waals surface area contributed by atoms with Gasteiger partial charge in [0.25, 0.3) is 5.56 Å². The zero-order valence-corrected chi connectivity index (χ0v) is 9.98. The van der Waals surface area contributed by atoms with Crippen molar-refractivity contribution in [1.29, 1.82) is 0 Å². The van der Waals surface area contributed by atoms with Gasteiger partial charge >= 0.3 is 5.69 Å². The molecular formula is C10H10N4O6. The molecule has 106 valence electrons. The minimum atomic E-state index is -1.32. The first-order chi connectivity index (χ1) is 9.60. The summed E-state index contributed by atoms with van der Waals surface area (Å²) < 4.78 is 6.11. The Kier molecular flexibility index (Phi) is 3.86. The summed E-state index contributed by atoms with van der Waals surface area (Å²) in [6.07, 6.45) is -0.761. The summed E-state index contributed by atoms with van der Waals surface area (Å²) in [5.74, 6) is 0. The molecule has 0 amide bonds. The summed E-state index contributed by atoms with van der Waals surface area (Å²) in [5.41, 5.74) is -1.62. The van der Waals surface area contributed by atoms with E-state index in [9.17, 15) is 19.2 Å². The van der Waals surface area contributed by atoms with Gasteiger partial charge in [-0.2, -0.15) is 0 Å². The van der Waals surface area contributed by atoms with Gasteiger partial charge in [0.2, 0.25) is 0 Å². The molecule has 0 bridgehead atoms. The van der Waals surface area contributed by atoms with Crippen molar-refractivity contribution in [3.05, 3.63) is 27.2 Å². The Morgan fingerprint density at radius 1 is 1.35 bits per heavy atom. The van der Waals surface area contributed by atoms with E-state index in [0.29, 0.717) is 12.6 Å².